The van der Waals surface area contributed by atoms with E-state index < -0.39 is 12.5 Å². The first kappa shape index (κ1) is 16.6. The molecule has 0 saturated carbocycles. The van der Waals surface area contributed by atoms with Gasteiger partial charge in [-0.15, -0.1) is 6.42 Å². The Kier molecular flexibility index (Phi) is 6.28. The smallest absolute Gasteiger partial charge is 0.323 e. The lowest BCUT2D eigenvalue weighted by molar-refractivity contribution is -0.144. The summed E-state index contributed by atoms with van der Waals surface area (Å²) in [5, 5.41) is 8.73. The minimum Gasteiger partial charge on any atom is -0.493 e. The Morgan fingerprint density at radius 2 is 1.90 bits per heavy atom. The van der Waals surface area contributed by atoms with E-state index in [1.807, 2.05) is 32.0 Å². The first-order valence-corrected chi connectivity index (χ1v) is 6.56. The van der Waals surface area contributed by atoms with Gasteiger partial charge in [-0.05, 0) is 37.1 Å². The molecule has 5 nitrogen and oxygen atoms in total. The number of carbonyl (C=O) groups is 2. The highest BCUT2D eigenvalue weighted by Crippen LogP contribution is 2.16. The van der Waals surface area contributed by atoms with Crippen LogP contribution >= 0.6 is 0 Å². The van der Waals surface area contributed by atoms with Gasteiger partial charge in [0, 0.05) is 0 Å². The fourth-order valence-electron chi connectivity index (χ4n) is 1.94. The number of aryl methyl sites for hydroxylation is 2. The highest BCUT2D eigenvalue weighted by atomic mass is 16.5. The molecule has 1 aromatic carbocycles. The summed E-state index contributed by atoms with van der Waals surface area (Å²) < 4.78 is 5.53. The van der Waals surface area contributed by atoms with Gasteiger partial charge in [0.15, 0.2) is 0 Å². The maximum atomic E-state index is 11.9. The van der Waals surface area contributed by atoms with Crippen molar-refractivity contribution in [3.8, 4) is 18.1 Å². The monoisotopic (exact) mass is 289 g/mol. The van der Waals surface area contributed by atoms with Gasteiger partial charge in [-0.2, -0.15) is 0 Å². The number of benzene rings is 1. The summed E-state index contributed by atoms with van der Waals surface area (Å²) in [5.74, 6) is 1.55. The molecule has 1 rings (SSSR count). The molecule has 0 aliphatic rings. The van der Waals surface area contributed by atoms with Crippen molar-refractivity contribution >= 4 is 11.9 Å². The van der Waals surface area contributed by atoms with E-state index in [-0.39, 0.29) is 25.5 Å². The summed E-state index contributed by atoms with van der Waals surface area (Å²) in [6.07, 6.45) is 5.21. The number of carboxylic acids is 1. The topological polar surface area (TPSA) is 66.8 Å². The van der Waals surface area contributed by atoms with Gasteiger partial charge < -0.3 is 14.7 Å². The number of hydrogen-bond donors (Lipinski definition) is 1. The molecule has 0 fully saturated rings. The van der Waals surface area contributed by atoms with Gasteiger partial charge in [0.1, 0.15) is 12.3 Å². The summed E-state index contributed by atoms with van der Waals surface area (Å²) in [6.45, 7) is 3.70. The highest BCUT2D eigenvalue weighted by molar-refractivity contribution is 5.81. The van der Waals surface area contributed by atoms with Crippen LogP contribution in [-0.4, -0.2) is 41.6 Å². The molecule has 5 heteroatoms. The molecule has 0 unspecified atom stereocenters. The van der Waals surface area contributed by atoms with E-state index >= 15 is 0 Å². The van der Waals surface area contributed by atoms with Crippen LogP contribution in [0.25, 0.3) is 0 Å². The number of aliphatic carboxylic acids is 1. The van der Waals surface area contributed by atoms with Crippen molar-refractivity contribution in [2.45, 2.75) is 20.3 Å². The molecular weight excluding hydrogens is 270 g/mol. The van der Waals surface area contributed by atoms with Crippen molar-refractivity contribution in [3.05, 3.63) is 29.3 Å². The van der Waals surface area contributed by atoms with Gasteiger partial charge in [0.05, 0.1) is 19.6 Å². The summed E-state index contributed by atoms with van der Waals surface area (Å²) in [6, 6.07) is 5.79. The van der Waals surface area contributed by atoms with Crippen molar-refractivity contribution < 1.29 is 19.4 Å². The van der Waals surface area contributed by atoms with Gasteiger partial charge in [0.2, 0.25) is 5.91 Å². The van der Waals surface area contributed by atoms with Crippen LogP contribution in [0.3, 0.4) is 0 Å². The molecule has 21 heavy (non-hydrogen) atoms. The zero-order valence-electron chi connectivity index (χ0n) is 12.3. The van der Waals surface area contributed by atoms with Crippen LogP contribution in [0, 0.1) is 26.2 Å². The molecule has 0 spiro atoms. The number of amides is 1. The summed E-state index contributed by atoms with van der Waals surface area (Å²) in [7, 11) is 0. The molecule has 1 amide bonds. The van der Waals surface area contributed by atoms with Crippen molar-refractivity contribution in [1.29, 1.82) is 0 Å². The van der Waals surface area contributed by atoms with E-state index in [0.717, 1.165) is 16.0 Å². The van der Waals surface area contributed by atoms with E-state index in [9.17, 15) is 9.59 Å². The van der Waals surface area contributed by atoms with Crippen LogP contribution < -0.4 is 4.74 Å². The van der Waals surface area contributed by atoms with E-state index in [1.54, 1.807) is 0 Å². The predicted molar refractivity (Wildman–Crippen MR) is 79.1 cm³/mol. The van der Waals surface area contributed by atoms with Gasteiger partial charge in [0.25, 0.3) is 0 Å². The van der Waals surface area contributed by atoms with E-state index in [4.69, 9.17) is 16.3 Å². The van der Waals surface area contributed by atoms with Gasteiger partial charge in [-0.1, -0.05) is 12.0 Å². The quantitative estimate of drug-likeness (QED) is 0.775. The number of ether oxygens (including phenoxy) is 1. The number of rotatable bonds is 7. The number of carboxylic acid groups (broad SMARTS) is 1. The molecule has 0 aliphatic heterocycles. The fraction of sp³-hybridized carbons (Fsp3) is 0.375. The van der Waals surface area contributed by atoms with Crippen molar-refractivity contribution in [1.82, 2.24) is 4.90 Å². The number of nitrogens with zero attached hydrogens (tertiary/aromatic N) is 1. The van der Waals surface area contributed by atoms with Gasteiger partial charge >= 0.3 is 5.97 Å². The SMILES string of the molecule is C#CCN(CC(=O)O)C(=O)CCOc1cc(C)cc(C)c1. The largest absolute Gasteiger partial charge is 0.493 e. The van der Waals surface area contributed by atoms with Gasteiger partial charge in [-0.3, -0.25) is 9.59 Å². The zero-order chi connectivity index (χ0) is 15.8. The Hall–Kier alpha value is -2.48. The van der Waals surface area contributed by atoms with E-state index in [0.29, 0.717) is 5.75 Å². The van der Waals surface area contributed by atoms with Gasteiger partial charge in [-0.25, -0.2) is 0 Å². The van der Waals surface area contributed by atoms with Crippen LogP contribution in [0.5, 0.6) is 5.75 Å². The molecule has 0 radical (unpaired) electrons. The molecule has 0 aliphatic carbocycles. The zero-order valence-corrected chi connectivity index (χ0v) is 12.3. The third kappa shape index (κ3) is 6.00. The third-order valence-corrected chi connectivity index (χ3v) is 2.74. The lowest BCUT2D eigenvalue weighted by Crippen LogP contribution is -2.36. The molecule has 0 aromatic heterocycles. The maximum absolute atomic E-state index is 11.9. The molecule has 112 valence electrons. The van der Waals surface area contributed by atoms with Crippen molar-refractivity contribution in [2.24, 2.45) is 0 Å². The summed E-state index contributed by atoms with van der Waals surface area (Å²) in [4.78, 5) is 23.7. The van der Waals surface area contributed by atoms with E-state index in [1.165, 1.54) is 0 Å². The van der Waals surface area contributed by atoms with Crippen molar-refractivity contribution in [2.75, 3.05) is 19.7 Å². The highest BCUT2D eigenvalue weighted by Gasteiger charge is 2.15. The number of terminal acetylenes is 1. The first-order valence-electron chi connectivity index (χ1n) is 6.56. The number of hydrogen-bond acceptors (Lipinski definition) is 3. The third-order valence-electron chi connectivity index (χ3n) is 2.74. The second-order valence-electron chi connectivity index (χ2n) is 4.77. The van der Waals surface area contributed by atoms with Crippen LogP contribution in [-0.2, 0) is 9.59 Å². The Bertz CT molecular complexity index is 540. The fourth-order valence-corrected chi connectivity index (χ4v) is 1.94. The van der Waals surface area contributed by atoms with Crippen LogP contribution in [0.2, 0.25) is 0 Å². The summed E-state index contributed by atoms with van der Waals surface area (Å²) >= 11 is 0. The molecule has 0 atom stereocenters. The Morgan fingerprint density at radius 1 is 1.29 bits per heavy atom. The molecule has 0 bridgehead atoms. The standard InChI is InChI=1S/C16H19NO4/c1-4-6-17(11-16(19)20)15(18)5-7-21-14-9-12(2)8-13(3)10-14/h1,8-10H,5-7,11H2,2-3H3,(H,19,20). The Labute approximate surface area is 124 Å². The summed E-state index contributed by atoms with van der Waals surface area (Å²) in [5.41, 5.74) is 2.16. The number of carbonyl (C=O) groups excluding carboxylic acids is 1. The minimum atomic E-state index is -1.09. The predicted octanol–water partition coefficient (Wildman–Crippen LogP) is 1.62. The molecule has 0 saturated heterocycles. The van der Waals surface area contributed by atoms with Crippen LogP contribution in [0.15, 0.2) is 18.2 Å². The second kappa shape index (κ2) is 7.95. The molecular formula is C16H19NO4. The second-order valence-corrected chi connectivity index (χ2v) is 4.77. The lowest BCUT2D eigenvalue weighted by atomic mass is 10.1. The lowest BCUT2D eigenvalue weighted by Gasteiger charge is -2.18. The Balaban J connectivity index is 2.51. The maximum Gasteiger partial charge on any atom is 0.323 e. The Morgan fingerprint density at radius 3 is 2.43 bits per heavy atom. The van der Waals surface area contributed by atoms with Crippen LogP contribution in [0.4, 0.5) is 0 Å². The molecule has 1 aromatic rings. The average molecular weight is 289 g/mol. The first-order chi connectivity index (χ1) is 9.92. The van der Waals surface area contributed by atoms with Crippen molar-refractivity contribution in [3.63, 3.8) is 0 Å². The molecule has 0 heterocycles. The van der Waals surface area contributed by atoms with E-state index in [2.05, 4.69) is 5.92 Å². The van der Waals surface area contributed by atoms with Crippen LogP contribution in [0.1, 0.15) is 17.5 Å². The normalized spacial score (nSPS) is 9.76. The minimum absolute atomic E-state index is 0.0192. The molecule has 1 N–H and O–H groups in total. The average Bonchev–Trinajstić information content (AvgIpc) is 2.36.